The van der Waals surface area contributed by atoms with Crippen molar-refractivity contribution in [3.63, 3.8) is 0 Å². The molecule has 1 aromatic heterocycles. The monoisotopic (exact) mass is 248 g/mol. The predicted octanol–water partition coefficient (Wildman–Crippen LogP) is 2.51. The Balaban J connectivity index is 2.54. The Labute approximate surface area is 106 Å². The second kappa shape index (κ2) is 5.27. The van der Waals surface area contributed by atoms with E-state index < -0.39 is 0 Å². The highest BCUT2D eigenvalue weighted by atomic mass is 19.1. The second-order valence-corrected chi connectivity index (χ2v) is 4.36. The van der Waals surface area contributed by atoms with Gasteiger partial charge in [-0.3, -0.25) is 0 Å². The van der Waals surface area contributed by atoms with Gasteiger partial charge in [-0.1, -0.05) is 18.2 Å². The molecule has 0 amide bonds. The maximum absolute atomic E-state index is 13.4. The largest absolute Gasteiger partial charge is 0.324 e. The average molecular weight is 248 g/mol. The molecule has 0 aliphatic carbocycles. The molecule has 0 aliphatic heterocycles. The fourth-order valence-corrected chi connectivity index (χ4v) is 1.99. The van der Waals surface area contributed by atoms with E-state index >= 15 is 0 Å². The summed E-state index contributed by atoms with van der Waals surface area (Å²) in [5.41, 5.74) is 8.40. The molecular formula is C13H17FN4. The van der Waals surface area contributed by atoms with Crippen molar-refractivity contribution in [1.29, 1.82) is 0 Å². The van der Waals surface area contributed by atoms with E-state index in [1.807, 2.05) is 6.92 Å². The van der Waals surface area contributed by atoms with E-state index in [0.29, 0.717) is 0 Å². The van der Waals surface area contributed by atoms with Crippen molar-refractivity contribution >= 4 is 0 Å². The maximum Gasteiger partial charge on any atom is 0.123 e. The number of halogens is 1. The molecular weight excluding hydrogens is 231 g/mol. The lowest BCUT2D eigenvalue weighted by atomic mass is 9.99. The average Bonchev–Trinajstić information content (AvgIpc) is 2.77. The van der Waals surface area contributed by atoms with Gasteiger partial charge in [0.15, 0.2) is 0 Å². The van der Waals surface area contributed by atoms with Gasteiger partial charge in [0.1, 0.15) is 5.82 Å². The molecule has 2 rings (SSSR count). The molecule has 4 nitrogen and oxygen atoms in total. The lowest BCUT2D eigenvalue weighted by Gasteiger charge is -2.13. The number of nitrogens with zero attached hydrogens (tertiary/aromatic N) is 3. The number of rotatable bonds is 4. The first-order chi connectivity index (χ1) is 8.63. The van der Waals surface area contributed by atoms with E-state index in [0.717, 1.165) is 29.8 Å². The van der Waals surface area contributed by atoms with E-state index in [2.05, 4.69) is 17.2 Å². The highest BCUT2D eigenvalue weighted by molar-refractivity contribution is 5.64. The molecule has 5 heteroatoms. The minimum Gasteiger partial charge on any atom is -0.324 e. The van der Waals surface area contributed by atoms with E-state index in [9.17, 15) is 4.39 Å². The molecule has 1 atom stereocenters. The molecule has 1 unspecified atom stereocenters. The van der Waals surface area contributed by atoms with Gasteiger partial charge in [-0.25, -0.2) is 9.07 Å². The SMILES string of the molecule is CCCn1nncc1-c1cc(F)ccc1C(C)N. The zero-order valence-electron chi connectivity index (χ0n) is 10.6. The van der Waals surface area contributed by atoms with Gasteiger partial charge in [-0.2, -0.15) is 0 Å². The third-order valence-corrected chi connectivity index (χ3v) is 2.83. The summed E-state index contributed by atoms with van der Waals surface area (Å²) in [5, 5.41) is 7.91. The fraction of sp³-hybridized carbons (Fsp3) is 0.385. The molecule has 0 bridgehead atoms. The Bertz CT molecular complexity index is 534. The first-order valence-electron chi connectivity index (χ1n) is 6.07. The first-order valence-corrected chi connectivity index (χ1v) is 6.07. The third-order valence-electron chi connectivity index (χ3n) is 2.83. The van der Waals surface area contributed by atoms with Crippen LogP contribution in [0.25, 0.3) is 11.3 Å². The molecule has 0 saturated carbocycles. The fourth-order valence-electron chi connectivity index (χ4n) is 1.99. The van der Waals surface area contributed by atoms with Crippen LogP contribution in [-0.2, 0) is 6.54 Å². The van der Waals surface area contributed by atoms with Crippen molar-refractivity contribution in [1.82, 2.24) is 15.0 Å². The molecule has 0 saturated heterocycles. The molecule has 0 radical (unpaired) electrons. The third kappa shape index (κ3) is 2.41. The highest BCUT2D eigenvalue weighted by Crippen LogP contribution is 2.27. The first kappa shape index (κ1) is 12.7. The summed E-state index contributed by atoms with van der Waals surface area (Å²) in [4.78, 5) is 0. The Morgan fingerprint density at radius 3 is 2.89 bits per heavy atom. The van der Waals surface area contributed by atoms with Gasteiger partial charge in [-0.05, 0) is 31.0 Å². The lowest BCUT2D eigenvalue weighted by Crippen LogP contribution is -2.09. The van der Waals surface area contributed by atoms with Crippen molar-refractivity contribution in [2.24, 2.45) is 5.73 Å². The van der Waals surface area contributed by atoms with Crippen LogP contribution in [0.1, 0.15) is 31.9 Å². The molecule has 0 aliphatic rings. The van der Waals surface area contributed by atoms with Gasteiger partial charge in [0.2, 0.25) is 0 Å². The minimum atomic E-state index is -0.279. The van der Waals surface area contributed by atoms with Gasteiger partial charge in [0, 0.05) is 18.2 Å². The minimum absolute atomic E-state index is 0.162. The molecule has 2 aromatic rings. The van der Waals surface area contributed by atoms with E-state index in [4.69, 9.17) is 5.73 Å². The molecule has 96 valence electrons. The number of benzene rings is 1. The van der Waals surface area contributed by atoms with E-state index in [1.54, 1.807) is 16.9 Å². The van der Waals surface area contributed by atoms with Crippen LogP contribution >= 0.6 is 0 Å². The topological polar surface area (TPSA) is 56.7 Å². The quantitative estimate of drug-likeness (QED) is 0.904. The summed E-state index contributed by atoms with van der Waals surface area (Å²) >= 11 is 0. The summed E-state index contributed by atoms with van der Waals surface area (Å²) in [5.74, 6) is -0.279. The van der Waals surface area contributed by atoms with Crippen LogP contribution in [0.2, 0.25) is 0 Å². The van der Waals surface area contributed by atoms with Crippen LogP contribution in [0.3, 0.4) is 0 Å². The number of hydrogen-bond acceptors (Lipinski definition) is 3. The van der Waals surface area contributed by atoms with Gasteiger partial charge in [-0.15, -0.1) is 5.10 Å². The lowest BCUT2D eigenvalue weighted by molar-refractivity contribution is 0.582. The summed E-state index contributed by atoms with van der Waals surface area (Å²) < 4.78 is 15.2. The molecule has 0 spiro atoms. The van der Waals surface area contributed by atoms with Gasteiger partial charge >= 0.3 is 0 Å². The molecule has 0 fully saturated rings. The number of hydrogen-bond donors (Lipinski definition) is 1. The van der Waals surface area contributed by atoms with Crippen molar-refractivity contribution < 1.29 is 4.39 Å². The molecule has 2 N–H and O–H groups in total. The zero-order chi connectivity index (χ0) is 13.1. The maximum atomic E-state index is 13.4. The van der Waals surface area contributed by atoms with Gasteiger partial charge in [0.25, 0.3) is 0 Å². The smallest absolute Gasteiger partial charge is 0.123 e. The van der Waals surface area contributed by atoms with Crippen molar-refractivity contribution in [3.05, 3.63) is 35.8 Å². The summed E-state index contributed by atoms with van der Waals surface area (Å²) in [6.07, 6.45) is 2.59. The Morgan fingerprint density at radius 2 is 2.22 bits per heavy atom. The Hall–Kier alpha value is -1.75. The predicted molar refractivity (Wildman–Crippen MR) is 68.3 cm³/mol. The standard InChI is InChI=1S/C13H17FN4/c1-3-6-18-13(8-16-17-18)12-7-10(14)4-5-11(12)9(2)15/h4-5,7-9H,3,6,15H2,1-2H3. The summed E-state index contributed by atoms with van der Waals surface area (Å²) in [6.45, 7) is 4.69. The second-order valence-electron chi connectivity index (χ2n) is 4.36. The Kier molecular flexibility index (Phi) is 3.72. The van der Waals surface area contributed by atoms with Gasteiger partial charge < -0.3 is 5.73 Å². The normalized spacial score (nSPS) is 12.7. The summed E-state index contributed by atoms with van der Waals surface area (Å²) in [7, 11) is 0. The number of nitrogens with two attached hydrogens (primary N) is 1. The van der Waals surface area contributed by atoms with Crippen LogP contribution in [0.15, 0.2) is 24.4 Å². The van der Waals surface area contributed by atoms with Crippen LogP contribution in [-0.4, -0.2) is 15.0 Å². The molecule has 1 heterocycles. The zero-order valence-corrected chi connectivity index (χ0v) is 10.6. The van der Waals surface area contributed by atoms with Gasteiger partial charge in [0.05, 0.1) is 11.9 Å². The molecule has 18 heavy (non-hydrogen) atoms. The van der Waals surface area contributed by atoms with Crippen LogP contribution in [0, 0.1) is 5.82 Å². The van der Waals surface area contributed by atoms with E-state index in [-0.39, 0.29) is 11.9 Å². The number of aryl methyl sites for hydroxylation is 1. The van der Waals surface area contributed by atoms with Crippen LogP contribution in [0.4, 0.5) is 4.39 Å². The molecule has 1 aromatic carbocycles. The van der Waals surface area contributed by atoms with Crippen molar-refractivity contribution in [2.75, 3.05) is 0 Å². The number of aromatic nitrogens is 3. The van der Waals surface area contributed by atoms with Crippen LogP contribution < -0.4 is 5.73 Å². The summed E-state index contributed by atoms with van der Waals surface area (Å²) in [6, 6.07) is 4.48. The van der Waals surface area contributed by atoms with Crippen LogP contribution in [0.5, 0.6) is 0 Å². The van der Waals surface area contributed by atoms with Crippen molar-refractivity contribution in [3.8, 4) is 11.3 Å². The highest BCUT2D eigenvalue weighted by Gasteiger charge is 2.14. The van der Waals surface area contributed by atoms with E-state index in [1.165, 1.54) is 12.1 Å². The Morgan fingerprint density at radius 1 is 1.44 bits per heavy atom. The van der Waals surface area contributed by atoms with Crippen molar-refractivity contribution in [2.45, 2.75) is 32.9 Å².